The van der Waals surface area contributed by atoms with Gasteiger partial charge in [0.1, 0.15) is 5.75 Å². The summed E-state index contributed by atoms with van der Waals surface area (Å²) in [4.78, 5) is 15.9. The largest absolute Gasteiger partial charge is 0.497 e. The van der Waals surface area contributed by atoms with E-state index < -0.39 is 0 Å². The van der Waals surface area contributed by atoms with Gasteiger partial charge in [0.25, 0.3) is 0 Å². The van der Waals surface area contributed by atoms with Crippen LogP contribution in [0.1, 0.15) is 25.5 Å². The molecule has 118 valence electrons. The lowest BCUT2D eigenvalue weighted by molar-refractivity contribution is 0.197. The molecule has 0 saturated carbocycles. The minimum absolute atomic E-state index is 0.0136. The van der Waals surface area contributed by atoms with Crippen LogP contribution in [-0.2, 0) is 0 Å². The smallest absolute Gasteiger partial charge is 0.317 e. The molecule has 1 N–H and O–H groups in total. The van der Waals surface area contributed by atoms with E-state index in [-0.39, 0.29) is 12.1 Å². The maximum atomic E-state index is 12.0. The first kappa shape index (κ1) is 17.3. The van der Waals surface area contributed by atoms with Crippen molar-refractivity contribution < 1.29 is 9.53 Å². The van der Waals surface area contributed by atoms with Crippen LogP contribution in [0.25, 0.3) is 0 Å². The fourth-order valence-corrected chi connectivity index (χ4v) is 2.23. The van der Waals surface area contributed by atoms with Gasteiger partial charge in [-0.05, 0) is 45.6 Å². The molecule has 0 bridgehead atoms. The molecule has 1 atom stereocenters. The first-order chi connectivity index (χ1) is 10.0. The molecular weight excluding hydrogens is 266 g/mol. The molecule has 1 unspecified atom stereocenters. The minimum atomic E-state index is -0.0136. The molecule has 5 heteroatoms. The number of rotatable bonds is 7. The molecule has 0 aromatic heterocycles. The summed E-state index contributed by atoms with van der Waals surface area (Å²) < 4.78 is 5.18. The number of hydrogen-bond acceptors (Lipinski definition) is 3. The predicted molar refractivity (Wildman–Crippen MR) is 85.7 cm³/mol. The van der Waals surface area contributed by atoms with Crippen LogP contribution in [0, 0.1) is 0 Å². The lowest BCUT2D eigenvalue weighted by Gasteiger charge is -2.27. The van der Waals surface area contributed by atoms with E-state index in [4.69, 9.17) is 4.74 Å². The van der Waals surface area contributed by atoms with E-state index in [1.54, 1.807) is 12.0 Å². The van der Waals surface area contributed by atoms with E-state index in [9.17, 15) is 4.79 Å². The van der Waals surface area contributed by atoms with Crippen molar-refractivity contribution in [3.8, 4) is 5.75 Å². The minimum Gasteiger partial charge on any atom is -0.497 e. The average Bonchev–Trinajstić information content (AvgIpc) is 2.49. The van der Waals surface area contributed by atoms with Crippen LogP contribution in [0.2, 0.25) is 0 Å². The Morgan fingerprint density at radius 3 is 2.19 bits per heavy atom. The number of methoxy groups -OCH3 is 1. The number of nitrogens with zero attached hydrogens (tertiary/aromatic N) is 2. The SMILES string of the molecule is CCN(CC)C(=O)NCC(c1ccc(OC)cc1)N(C)C. The van der Waals surface area contributed by atoms with Crippen LogP contribution in [-0.4, -0.2) is 56.7 Å². The van der Waals surface area contributed by atoms with Crippen LogP contribution < -0.4 is 10.1 Å². The van der Waals surface area contributed by atoms with Gasteiger partial charge in [0.15, 0.2) is 0 Å². The number of ether oxygens (including phenoxy) is 1. The summed E-state index contributed by atoms with van der Waals surface area (Å²) in [5.74, 6) is 0.837. The Morgan fingerprint density at radius 2 is 1.76 bits per heavy atom. The van der Waals surface area contributed by atoms with Gasteiger partial charge in [-0.15, -0.1) is 0 Å². The van der Waals surface area contributed by atoms with Crippen LogP contribution in [0.15, 0.2) is 24.3 Å². The van der Waals surface area contributed by atoms with Gasteiger partial charge in [-0.25, -0.2) is 4.79 Å². The third-order valence-corrected chi connectivity index (χ3v) is 3.62. The number of urea groups is 1. The van der Waals surface area contributed by atoms with Crippen molar-refractivity contribution in [2.75, 3.05) is 40.8 Å². The summed E-state index contributed by atoms with van der Waals surface area (Å²) in [6, 6.07) is 8.08. The fraction of sp³-hybridized carbons (Fsp3) is 0.562. The Balaban J connectivity index is 2.71. The van der Waals surface area contributed by atoms with Crippen LogP contribution in [0.4, 0.5) is 4.79 Å². The fourth-order valence-electron chi connectivity index (χ4n) is 2.23. The van der Waals surface area contributed by atoms with Crippen molar-refractivity contribution in [3.63, 3.8) is 0 Å². The number of hydrogen-bond donors (Lipinski definition) is 1. The molecular formula is C16H27N3O2. The molecule has 0 heterocycles. The molecule has 1 aromatic rings. The second-order valence-electron chi connectivity index (χ2n) is 5.11. The first-order valence-electron chi connectivity index (χ1n) is 7.36. The number of nitrogens with one attached hydrogen (secondary N) is 1. The summed E-state index contributed by atoms with van der Waals surface area (Å²) in [6.07, 6.45) is 0. The zero-order valence-corrected chi connectivity index (χ0v) is 13.7. The normalized spacial score (nSPS) is 12.1. The number of carbonyl (C=O) groups excluding carboxylic acids is 1. The molecule has 21 heavy (non-hydrogen) atoms. The van der Waals surface area contributed by atoms with Crippen molar-refractivity contribution in [1.82, 2.24) is 15.1 Å². The van der Waals surface area contributed by atoms with Gasteiger partial charge in [0, 0.05) is 19.6 Å². The molecule has 1 aromatic carbocycles. The van der Waals surface area contributed by atoms with E-state index >= 15 is 0 Å². The van der Waals surface area contributed by atoms with Crippen LogP contribution in [0.5, 0.6) is 5.75 Å². The topological polar surface area (TPSA) is 44.8 Å². The quantitative estimate of drug-likeness (QED) is 0.839. The summed E-state index contributed by atoms with van der Waals surface area (Å²) >= 11 is 0. The van der Waals surface area contributed by atoms with E-state index in [1.165, 1.54) is 0 Å². The molecule has 0 fully saturated rings. The van der Waals surface area contributed by atoms with Crippen LogP contribution in [0.3, 0.4) is 0 Å². The zero-order chi connectivity index (χ0) is 15.8. The van der Waals surface area contributed by atoms with E-state index in [0.29, 0.717) is 6.54 Å². The molecule has 0 aliphatic heterocycles. The van der Waals surface area contributed by atoms with Crippen molar-refractivity contribution in [2.45, 2.75) is 19.9 Å². The van der Waals surface area contributed by atoms with Gasteiger partial charge < -0.3 is 19.9 Å². The second-order valence-corrected chi connectivity index (χ2v) is 5.11. The van der Waals surface area contributed by atoms with Crippen molar-refractivity contribution >= 4 is 6.03 Å². The molecule has 0 saturated heterocycles. The molecule has 0 spiro atoms. The number of likely N-dealkylation sites (N-methyl/N-ethyl adjacent to an activating group) is 1. The maximum absolute atomic E-state index is 12.0. The van der Waals surface area contributed by atoms with Gasteiger partial charge >= 0.3 is 6.03 Å². The lowest BCUT2D eigenvalue weighted by atomic mass is 10.1. The molecule has 2 amide bonds. The van der Waals surface area contributed by atoms with Gasteiger partial charge in [-0.1, -0.05) is 12.1 Å². The van der Waals surface area contributed by atoms with Gasteiger partial charge in [0.2, 0.25) is 0 Å². The van der Waals surface area contributed by atoms with Gasteiger partial charge in [-0.2, -0.15) is 0 Å². The van der Waals surface area contributed by atoms with Crippen molar-refractivity contribution in [1.29, 1.82) is 0 Å². The number of amides is 2. The lowest BCUT2D eigenvalue weighted by Crippen LogP contribution is -2.43. The summed E-state index contributed by atoms with van der Waals surface area (Å²) in [5.41, 5.74) is 1.15. The molecule has 0 aliphatic carbocycles. The molecule has 1 rings (SSSR count). The molecule has 5 nitrogen and oxygen atoms in total. The Morgan fingerprint density at radius 1 is 1.19 bits per heavy atom. The summed E-state index contributed by atoms with van der Waals surface area (Å²) in [6.45, 7) is 5.98. The first-order valence-corrected chi connectivity index (χ1v) is 7.36. The Hall–Kier alpha value is -1.75. The summed E-state index contributed by atoms with van der Waals surface area (Å²) in [7, 11) is 5.68. The van der Waals surface area contributed by atoms with E-state index in [2.05, 4.69) is 10.2 Å². The highest BCUT2D eigenvalue weighted by Crippen LogP contribution is 2.20. The van der Waals surface area contributed by atoms with E-state index in [0.717, 1.165) is 24.4 Å². The highest BCUT2D eigenvalue weighted by atomic mass is 16.5. The predicted octanol–water partition coefficient (Wildman–Crippen LogP) is 2.35. The third-order valence-electron chi connectivity index (χ3n) is 3.62. The van der Waals surface area contributed by atoms with Gasteiger partial charge in [-0.3, -0.25) is 0 Å². The van der Waals surface area contributed by atoms with E-state index in [1.807, 2.05) is 52.2 Å². The Labute approximate surface area is 127 Å². The average molecular weight is 293 g/mol. The zero-order valence-electron chi connectivity index (χ0n) is 13.7. The standard InChI is InChI=1S/C16H27N3O2/c1-6-19(7-2)16(20)17-12-15(18(3)4)13-8-10-14(21-5)11-9-13/h8-11,15H,6-7,12H2,1-5H3,(H,17,20). The molecule has 0 aliphatic rings. The number of benzene rings is 1. The number of carbonyl (C=O) groups is 1. The van der Waals surface area contributed by atoms with Crippen molar-refractivity contribution in [3.05, 3.63) is 29.8 Å². The van der Waals surface area contributed by atoms with Crippen LogP contribution >= 0.6 is 0 Å². The van der Waals surface area contributed by atoms with Gasteiger partial charge in [0.05, 0.1) is 13.2 Å². The Bertz CT molecular complexity index is 428. The van der Waals surface area contributed by atoms with Crippen molar-refractivity contribution in [2.24, 2.45) is 0 Å². The monoisotopic (exact) mass is 293 g/mol. The highest BCUT2D eigenvalue weighted by Gasteiger charge is 2.17. The third kappa shape index (κ3) is 4.93. The highest BCUT2D eigenvalue weighted by molar-refractivity contribution is 5.74. The maximum Gasteiger partial charge on any atom is 0.317 e. The summed E-state index contributed by atoms with van der Waals surface area (Å²) in [5, 5.41) is 3.01. The Kier molecular flexibility index (Phi) is 7.02. The second kappa shape index (κ2) is 8.52. The molecule has 0 radical (unpaired) electrons.